The second-order valence-corrected chi connectivity index (χ2v) is 9.51. The Hall–Kier alpha value is -0.960. The minimum atomic E-state index is -3.15. The molecule has 26 heavy (non-hydrogen) atoms. The fraction of sp³-hybridized carbons (Fsp3) is 0.833. The Bertz CT molecular complexity index is 662. The maximum Gasteiger partial charge on any atom is 0.211 e. The number of piperidine rings is 1. The third-order valence-corrected chi connectivity index (χ3v) is 7.15. The molecule has 2 bridgehead atoms. The van der Waals surface area contributed by atoms with Crippen LogP contribution in [0.3, 0.4) is 0 Å². The molecule has 3 atom stereocenters. The predicted molar refractivity (Wildman–Crippen MR) is 101 cm³/mol. The minimum absolute atomic E-state index is 0.112. The van der Waals surface area contributed by atoms with Crippen LogP contribution >= 0.6 is 0 Å². The van der Waals surface area contributed by atoms with Gasteiger partial charge in [0.15, 0.2) is 0 Å². The van der Waals surface area contributed by atoms with Gasteiger partial charge in [-0.1, -0.05) is 13.3 Å². The first-order chi connectivity index (χ1) is 12.5. The van der Waals surface area contributed by atoms with Crippen LogP contribution in [0, 0.1) is 11.8 Å². The van der Waals surface area contributed by atoms with Crippen LogP contribution in [0.1, 0.15) is 38.4 Å². The van der Waals surface area contributed by atoms with Gasteiger partial charge in [-0.15, -0.1) is 0 Å². The molecule has 2 fully saturated rings. The lowest BCUT2D eigenvalue weighted by molar-refractivity contribution is 0.128. The summed E-state index contributed by atoms with van der Waals surface area (Å²) in [6, 6.07) is 0.112. The molecule has 1 saturated heterocycles. The topological polar surface area (TPSA) is 76.5 Å². The number of aromatic nitrogens is 2. The summed E-state index contributed by atoms with van der Waals surface area (Å²) in [7, 11) is -1.44. The molecular formula is C18H32N4O3S. The molecular weight excluding hydrogens is 352 g/mol. The standard InChI is InChI=1S/C18H32N4O3S/c1-3-4-11-26(23,24)20-18-15-5-6-16(18)13-21(12-15)14-17-19-7-8-22(17)9-10-25-2/h7-8,15-16,18,20H,3-6,9-14H2,1-2H3/t15-,16+,18?. The number of unbranched alkanes of at least 4 members (excludes halogenated alkanes) is 1. The van der Waals surface area contributed by atoms with Crippen LogP contribution in [0.4, 0.5) is 0 Å². The van der Waals surface area contributed by atoms with E-state index in [0.717, 1.165) is 57.7 Å². The molecule has 1 unspecified atom stereocenters. The fourth-order valence-corrected chi connectivity index (χ4v) is 5.91. The van der Waals surface area contributed by atoms with Crippen molar-refractivity contribution in [3.8, 4) is 0 Å². The van der Waals surface area contributed by atoms with E-state index in [9.17, 15) is 8.42 Å². The molecule has 0 amide bonds. The predicted octanol–water partition coefficient (Wildman–Crippen LogP) is 1.46. The maximum atomic E-state index is 12.3. The van der Waals surface area contributed by atoms with E-state index < -0.39 is 10.0 Å². The number of sulfonamides is 1. The van der Waals surface area contributed by atoms with Crippen LogP contribution in [0.15, 0.2) is 12.4 Å². The Balaban J connectivity index is 1.57. The van der Waals surface area contributed by atoms with Crippen LogP contribution in [0.25, 0.3) is 0 Å². The average Bonchev–Trinajstić information content (AvgIpc) is 3.12. The first-order valence-corrected chi connectivity index (χ1v) is 11.4. The Labute approximate surface area is 157 Å². The molecule has 1 aliphatic carbocycles. The number of ether oxygens (including phenoxy) is 1. The number of rotatable bonds is 10. The molecule has 1 aromatic rings. The summed E-state index contributed by atoms with van der Waals surface area (Å²) in [5, 5.41) is 0. The number of fused-ring (bicyclic) bond motifs is 2. The van der Waals surface area contributed by atoms with Gasteiger partial charge in [0.25, 0.3) is 0 Å². The smallest absolute Gasteiger partial charge is 0.211 e. The van der Waals surface area contributed by atoms with E-state index in [0.29, 0.717) is 18.4 Å². The molecule has 0 radical (unpaired) electrons. The van der Waals surface area contributed by atoms with Gasteiger partial charge in [0, 0.05) is 45.2 Å². The second-order valence-electron chi connectivity index (χ2n) is 7.64. The van der Waals surface area contributed by atoms with Crippen LogP contribution < -0.4 is 4.72 Å². The molecule has 8 heteroatoms. The Morgan fingerprint density at radius 3 is 2.69 bits per heavy atom. The first-order valence-electron chi connectivity index (χ1n) is 9.73. The highest BCUT2D eigenvalue weighted by Gasteiger charge is 2.43. The Morgan fingerprint density at radius 2 is 2.04 bits per heavy atom. The maximum absolute atomic E-state index is 12.3. The highest BCUT2D eigenvalue weighted by molar-refractivity contribution is 7.89. The zero-order chi connectivity index (χ0) is 18.6. The molecule has 3 rings (SSSR count). The summed E-state index contributed by atoms with van der Waals surface area (Å²) in [5.41, 5.74) is 0. The lowest BCUT2D eigenvalue weighted by atomic mass is 9.93. The number of imidazole rings is 1. The van der Waals surface area contributed by atoms with E-state index in [2.05, 4.69) is 19.2 Å². The number of hydrogen-bond acceptors (Lipinski definition) is 5. The molecule has 2 aliphatic rings. The number of hydrogen-bond donors (Lipinski definition) is 1. The first kappa shape index (κ1) is 19.8. The normalized spacial score (nSPS) is 26.5. The van der Waals surface area contributed by atoms with Gasteiger partial charge in [-0.05, 0) is 31.1 Å². The van der Waals surface area contributed by atoms with Gasteiger partial charge in [0.1, 0.15) is 5.82 Å². The van der Waals surface area contributed by atoms with Crippen molar-refractivity contribution in [1.29, 1.82) is 0 Å². The fourth-order valence-electron chi connectivity index (χ4n) is 4.33. The van der Waals surface area contributed by atoms with Crippen LogP contribution in [0.5, 0.6) is 0 Å². The zero-order valence-corrected chi connectivity index (χ0v) is 16.7. The lowest BCUT2D eigenvalue weighted by Crippen LogP contribution is -2.52. The molecule has 7 nitrogen and oxygen atoms in total. The van der Waals surface area contributed by atoms with E-state index in [-0.39, 0.29) is 11.8 Å². The summed E-state index contributed by atoms with van der Waals surface area (Å²) in [6.07, 6.45) is 7.70. The number of methoxy groups -OCH3 is 1. The van der Waals surface area contributed by atoms with Crippen molar-refractivity contribution in [3.05, 3.63) is 18.2 Å². The summed E-state index contributed by atoms with van der Waals surface area (Å²) in [6.45, 7) is 6.21. The van der Waals surface area contributed by atoms with Crippen molar-refractivity contribution < 1.29 is 13.2 Å². The van der Waals surface area contributed by atoms with Gasteiger partial charge in [0.05, 0.1) is 18.9 Å². The van der Waals surface area contributed by atoms with Crippen molar-refractivity contribution in [2.45, 2.75) is 51.7 Å². The second kappa shape index (κ2) is 8.82. The number of likely N-dealkylation sites (tertiary alicyclic amines) is 1. The monoisotopic (exact) mass is 384 g/mol. The van der Waals surface area contributed by atoms with E-state index in [1.165, 1.54) is 0 Å². The third-order valence-electron chi connectivity index (χ3n) is 5.69. The molecule has 2 heterocycles. The van der Waals surface area contributed by atoms with E-state index in [1.807, 2.05) is 19.3 Å². The van der Waals surface area contributed by atoms with Crippen LogP contribution in [-0.4, -0.2) is 61.5 Å². The quantitative estimate of drug-likeness (QED) is 0.661. The summed E-state index contributed by atoms with van der Waals surface area (Å²) in [5.74, 6) is 2.13. The van der Waals surface area contributed by atoms with Gasteiger partial charge in [0.2, 0.25) is 10.0 Å². The summed E-state index contributed by atoms with van der Waals surface area (Å²) < 4.78 is 34.9. The van der Waals surface area contributed by atoms with Crippen molar-refractivity contribution >= 4 is 10.0 Å². The molecule has 1 aliphatic heterocycles. The van der Waals surface area contributed by atoms with Gasteiger partial charge in [-0.3, -0.25) is 4.90 Å². The zero-order valence-electron chi connectivity index (χ0n) is 15.9. The van der Waals surface area contributed by atoms with Gasteiger partial charge < -0.3 is 9.30 Å². The Kier molecular flexibility index (Phi) is 6.71. The summed E-state index contributed by atoms with van der Waals surface area (Å²) >= 11 is 0. The van der Waals surface area contributed by atoms with Crippen LogP contribution in [0.2, 0.25) is 0 Å². The van der Waals surface area contributed by atoms with E-state index in [1.54, 1.807) is 7.11 Å². The Morgan fingerprint density at radius 1 is 1.31 bits per heavy atom. The molecule has 148 valence electrons. The molecule has 1 aromatic heterocycles. The highest BCUT2D eigenvalue weighted by atomic mass is 32.2. The van der Waals surface area contributed by atoms with Crippen molar-refractivity contribution in [1.82, 2.24) is 19.2 Å². The van der Waals surface area contributed by atoms with Crippen molar-refractivity contribution in [3.63, 3.8) is 0 Å². The molecule has 1 saturated carbocycles. The SMILES string of the molecule is CCCCS(=O)(=O)NC1[C@@H]2CC[C@H]1CN(Cc1nccn1CCOC)C2. The van der Waals surface area contributed by atoms with Crippen molar-refractivity contribution in [2.75, 3.05) is 32.6 Å². The van der Waals surface area contributed by atoms with Gasteiger partial charge >= 0.3 is 0 Å². The third kappa shape index (κ3) is 4.85. The van der Waals surface area contributed by atoms with Crippen molar-refractivity contribution in [2.24, 2.45) is 11.8 Å². The van der Waals surface area contributed by atoms with E-state index in [4.69, 9.17) is 4.74 Å². The van der Waals surface area contributed by atoms with Crippen LogP contribution in [-0.2, 0) is 27.8 Å². The lowest BCUT2D eigenvalue weighted by Gasteiger charge is -2.38. The van der Waals surface area contributed by atoms with Gasteiger partial charge in [-0.25, -0.2) is 18.1 Å². The minimum Gasteiger partial charge on any atom is -0.383 e. The largest absolute Gasteiger partial charge is 0.383 e. The number of nitrogens with zero attached hydrogens (tertiary/aromatic N) is 3. The van der Waals surface area contributed by atoms with Gasteiger partial charge in [-0.2, -0.15) is 0 Å². The highest BCUT2D eigenvalue weighted by Crippen LogP contribution is 2.37. The molecule has 0 aromatic carbocycles. The molecule has 0 spiro atoms. The average molecular weight is 385 g/mol. The number of nitrogens with one attached hydrogen (secondary N) is 1. The van der Waals surface area contributed by atoms with E-state index >= 15 is 0 Å². The molecule has 1 N–H and O–H groups in total. The summed E-state index contributed by atoms with van der Waals surface area (Å²) in [4.78, 5) is 6.94.